The molecule has 2 aromatic rings. The van der Waals surface area contributed by atoms with E-state index in [9.17, 15) is 9.90 Å². The monoisotopic (exact) mass is 355 g/mol. The number of ketones is 1. The van der Waals surface area contributed by atoms with E-state index in [0.29, 0.717) is 24.6 Å². The van der Waals surface area contributed by atoms with Gasteiger partial charge in [0.2, 0.25) is 0 Å². The minimum absolute atomic E-state index is 0.0600. The van der Waals surface area contributed by atoms with Gasteiger partial charge in [0, 0.05) is 24.6 Å². The Labute approximate surface area is 156 Å². The molecule has 2 unspecified atom stereocenters. The zero-order chi connectivity index (χ0) is 18.9. The van der Waals surface area contributed by atoms with Gasteiger partial charge in [-0.25, -0.2) is 0 Å². The molecule has 140 valence electrons. The van der Waals surface area contributed by atoms with E-state index in [-0.39, 0.29) is 12.4 Å². The van der Waals surface area contributed by atoms with Crippen LogP contribution in [0.1, 0.15) is 35.3 Å². The van der Waals surface area contributed by atoms with E-state index in [0.717, 1.165) is 5.56 Å². The van der Waals surface area contributed by atoms with Crippen molar-refractivity contribution in [2.24, 2.45) is 0 Å². The maximum atomic E-state index is 12.9. The van der Waals surface area contributed by atoms with Crippen molar-refractivity contribution in [2.45, 2.75) is 45.4 Å². The van der Waals surface area contributed by atoms with Gasteiger partial charge in [0.1, 0.15) is 6.10 Å². The Morgan fingerprint density at radius 3 is 2.35 bits per heavy atom. The molecule has 0 amide bonds. The smallest absolute Gasteiger partial charge is 0.191 e. The summed E-state index contributed by atoms with van der Waals surface area (Å²) in [4.78, 5) is 12.9. The Hall–Kier alpha value is -2.01. The first-order valence-electron chi connectivity index (χ1n) is 9.13. The number of Topliss-reactive ketones (excluding diaryl/α,β-unsaturated/α-hetero) is 1. The van der Waals surface area contributed by atoms with Gasteiger partial charge in [-0.2, -0.15) is 0 Å². The third kappa shape index (κ3) is 6.71. The number of ether oxygens (including phenoxy) is 1. The second-order valence-corrected chi connectivity index (χ2v) is 6.96. The Balaban J connectivity index is 2.05. The fourth-order valence-electron chi connectivity index (χ4n) is 2.61. The predicted molar refractivity (Wildman–Crippen MR) is 105 cm³/mol. The maximum Gasteiger partial charge on any atom is 0.191 e. The van der Waals surface area contributed by atoms with Crippen molar-refractivity contribution in [3.05, 3.63) is 71.3 Å². The third-order valence-corrected chi connectivity index (χ3v) is 4.14. The molecule has 0 heterocycles. The van der Waals surface area contributed by atoms with Gasteiger partial charge >= 0.3 is 0 Å². The molecule has 26 heavy (non-hydrogen) atoms. The molecule has 0 fully saturated rings. The first kappa shape index (κ1) is 20.3. The zero-order valence-electron chi connectivity index (χ0n) is 15.8. The van der Waals surface area contributed by atoms with Gasteiger partial charge in [-0.3, -0.25) is 4.79 Å². The zero-order valence-corrected chi connectivity index (χ0v) is 15.8. The SMILES string of the molecule is Cc1ccc(CC(OCC(O)CNC(C)C)C(=O)c2ccccc2)cc1. The van der Waals surface area contributed by atoms with Crippen LogP contribution < -0.4 is 5.32 Å². The molecule has 2 rings (SSSR count). The molecular weight excluding hydrogens is 326 g/mol. The number of hydrogen-bond donors (Lipinski definition) is 2. The number of aryl methyl sites for hydroxylation is 1. The molecule has 4 nitrogen and oxygen atoms in total. The summed E-state index contributed by atoms with van der Waals surface area (Å²) in [7, 11) is 0. The molecule has 2 atom stereocenters. The fraction of sp³-hybridized carbons (Fsp3) is 0.409. The Morgan fingerprint density at radius 2 is 1.73 bits per heavy atom. The van der Waals surface area contributed by atoms with Gasteiger partial charge in [-0.15, -0.1) is 0 Å². The van der Waals surface area contributed by atoms with Crippen molar-refractivity contribution in [1.29, 1.82) is 0 Å². The van der Waals surface area contributed by atoms with Crippen LogP contribution in [0.3, 0.4) is 0 Å². The van der Waals surface area contributed by atoms with E-state index >= 15 is 0 Å². The van der Waals surface area contributed by atoms with Gasteiger partial charge in [0.15, 0.2) is 5.78 Å². The van der Waals surface area contributed by atoms with E-state index < -0.39 is 12.2 Å². The number of nitrogens with one attached hydrogen (secondary N) is 1. The average Bonchev–Trinajstić information content (AvgIpc) is 2.65. The van der Waals surface area contributed by atoms with Crippen molar-refractivity contribution in [1.82, 2.24) is 5.32 Å². The van der Waals surface area contributed by atoms with Crippen LogP contribution in [0, 0.1) is 6.92 Å². The molecule has 0 aliphatic carbocycles. The number of carbonyl (C=O) groups is 1. The summed E-state index contributed by atoms with van der Waals surface area (Å²) < 4.78 is 5.85. The normalized spacial score (nSPS) is 13.6. The Kier molecular flexibility index (Phi) is 7.98. The molecular formula is C22H29NO3. The molecule has 0 saturated carbocycles. The molecule has 2 N–H and O–H groups in total. The van der Waals surface area contributed by atoms with Gasteiger partial charge < -0.3 is 15.2 Å². The predicted octanol–water partition coefficient (Wildman–Crippen LogP) is 3.16. The molecule has 4 heteroatoms. The van der Waals surface area contributed by atoms with Crippen molar-refractivity contribution in [3.63, 3.8) is 0 Å². The van der Waals surface area contributed by atoms with Crippen molar-refractivity contribution in [2.75, 3.05) is 13.2 Å². The molecule has 0 aliphatic rings. The lowest BCUT2D eigenvalue weighted by atomic mass is 9.99. The number of benzene rings is 2. The summed E-state index contributed by atoms with van der Waals surface area (Å²) in [6.45, 7) is 6.63. The topological polar surface area (TPSA) is 58.6 Å². The number of aliphatic hydroxyl groups excluding tert-OH is 1. The highest BCUT2D eigenvalue weighted by atomic mass is 16.5. The first-order chi connectivity index (χ1) is 12.5. The molecule has 0 saturated heterocycles. The van der Waals surface area contributed by atoms with E-state index in [1.807, 2.05) is 63.2 Å². The third-order valence-electron chi connectivity index (χ3n) is 4.14. The highest BCUT2D eigenvalue weighted by molar-refractivity contribution is 5.99. The largest absolute Gasteiger partial charge is 0.389 e. The van der Waals surface area contributed by atoms with Crippen LogP contribution in [-0.4, -0.2) is 42.3 Å². The maximum absolute atomic E-state index is 12.9. The summed E-state index contributed by atoms with van der Waals surface area (Å²) in [6.07, 6.45) is -0.784. The second kappa shape index (κ2) is 10.2. The van der Waals surface area contributed by atoms with Crippen LogP contribution in [0.25, 0.3) is 0 Å². The summed E-state index contributed by atoms with van der Waals surface area (Å²) in [6, 6.07) is 17.5. The Bertz CT molecular complexity index is 668. The standard InChI is InChI=1S/C22H29NO3/c1-16(2)23-14-20(24)15-26-21(13-18-11-9-17(3)10-12-18)22(25)19-7-5-4-6-8-19/h4-12,16,20-21,23-24H,13-15H2,1-3H3. The van der Waals surface area contributed by atoms with Crippen LogP contribution >= 0.6 is 0 Å². The van der Waals surface area contributed by atoms with Crippen LogP contribution in [0.2, 0.25) is 0 Å². The van der Waals surface area contributed by atoms with Crippen molar-refractivity contribution < 1.29 is 14.6 Å². The van der Waals surface area contributed by atoms with Gasteiger partial charge in [-0.1, -0.05) is 74.0 Å². The summed E-state index contributed by atoms with van der Waals surface area (Å²) in [5.74, 6) is -0.0600. The van der Waals surface area contributed by atoms with Gasteiger partial charge in [-0.05, 0) is 12.5 Å². The molecule has 0 spiro atoms. The summed E-state index contributed by atoms with van der Waals surface area (Å²) in [5, 5.41) is 13.3. The molecule has 0 radical (unpaired) electrons. The van der Waals surface area contributed by atoms with Crippen molar-refractivity contribution in [3.8, 4) is 0 Å². The quantitative estimate of drug-likeness (QED) is 0.643. The van der Waals surface area contributed by atoms with Crippen molar-refractivity contribution >= 4 is 5.78 Å². The number of carbonyl (C=O) groups excluding carboxylic acids is 1. The molecule has 2 aromatic carbocycles. The average molecular weight is 355 g/mol. The molecule has 0 aromatic heterocycles. The van der Waals surface area contributed by atoms with E-state index in [1.165, 1.54) is 5.56 Å². The van der Waals surface area contributed by atoms with Gasteiger partial charge in [0.25, 0.3) is 0 Å². The Morgan fingerprint density at radius 1 is 1.08 bits per heavy atom. The van der Waals surface area contributed by atoms with E-state index in [2.05, 4.69) is 5.32 Å². The minimum atomic E-state index is -0.651. The van der Waals surface area contributed by atoms with E-state index in [4.69, 9.17) is 4.74 Å². The molecule has 0 bridgehead atoms. The number of rotatable bonds is 10. The summed E-state index contributed by atoms with van der Waals surface area (Å²) >= 11 is 0. The van der Waals surface area contributed by atoms with Crippen LogP contribution in [0.15, 0.2) is 54.6 Å². The lowest BCUT2D eigenvalue weighted by Gasteiger charge is -2.20. The van der Waals surface area contributed by atoms with Crippen LogP contribution in [0.5, 0.6) is 0 Å². The van der Waals surface area contributed by atoms with E-state index in [1.54, 1.807) is 12.1 Å². The van der Waals surface area contributed by atoms with Gasteiger partial charge in [0.05, 0.1) is 12.7 Å². The highest BCUT2D eigenvalue weighted by Crippen LogP contribution is 2.14. The van der Waals surface area contributed by atoms with Crippen LogP contribution in [-0.2, 0) is 11.2 Å². The fourth-order valence-corrected chi connectivity index (χ4v) is 2.61. The summed E-state index contributed by atoms with van der Waals surface area (Å²) in [5.41, 5.74) is 2.84. The molecule has 0 aliphatic heterocycles. The highest BCUT2D eigenvalue weighted by Gasteiger charge is 2.22. The lowest BCUT2D eigenvalue weighted by Crippen LogP contribution is -2.37. The first-order valence-corrected chi connectivity index (χ1v) is 9.13. The second-order valence-electron chi connectivity index (χ2n) is 6.96. The number of aliphatic hydroxyl groups is 1. The number of hydrogen-bond acceptors (Lipinski definition) is 4. The van der Waals surface area contributed by atoms with Crippen LogP contribution in [0.4, 0.5) is 0 Å². The lowest BCUT2D eigenvalue weighted by molar-refractivity contribution is -0.00216. The minimum Gasteiger partial charge on any atom is -0.389 e.